The molecule has 1 aliphatic rings. The lowest BCUT2D eigenvalue weighted by Crippen LogP contribution is -2.22. The van der Waals surface area contributed by atoms with Gasteiger partial charge >= 0.3 is 0 Å². The van der Waals surface area contributed by atoms with Crippen LogP contribution in [0.1, 0.15) is 22.8 Å². The zero-order valence-corrected chi connectivity index (χ0v) is 12.1. The fraction of sp³-hybridized carbons (Fsp3) is 0.286. The molecule has 1 aromatic carbocycles. The van der Waals surface area contributed by atoms with Gasteiger partial charge in [-0.25, -0.2) is 4.98 Å². The number of amides is 1. The summed E-state index contributed by atoms with van der Waals surface area (Å²) in [5, 5.41) is 6.67. The molecule has 0 aliphatic carbocycles. The summed E-state index contributed by atoms with van der Waals surface area (Å²) in [6, 6.07) is 7.85. The minimum atomic E-state index is 0.00581. The molecule has 1 aliphatic heterocycles. The summed E-state index contributed by atoms with van der Waals surface area (Å²) in [5.74, 6) is 1.56. The SMILES string of the molecule is CNc1nc2c(s1)C(c1ccc(OC)cc1)CC(=O)N2. The Morgan fingerprint density at radius 2 is 2.15 bits per heavy atom. The fourth-order valence-corrected chi connectivity index (χ4v) is 3.33. The second-order valence-electron chi connectivity index (χ2n) is 4.56. The summed E-state index contributed by atoms with van der Waals surface area (Å²) in [5.41, 5.74) is 1.10. The maximum atomic E-state index is 11.8. The van der Waals surface area contributed by atoms with E-state index >= 15 is 0 Å². The summed E-state index contributed by atoms with van der Waals surface area (Å²) >= 11 is 1.58. The van der Waals surface area contributed by atoms with Crippen LogP contribution in [0.3, 0.4) is 0 Å². The zero-order chi connectivity index (χ0) is 14.1. The molecule has 2 heterocycles. The average molecular weight is 289 g/mol. The molecule has 1 amide bonds. The van der Waals surface area contributed by atoms with Crippen molar-refractivity contribution in [3.63, 3.8) is 0 Å². The number of hydrogen-bond acceptors (Lipinski definition) is 5. The van der Waals surface area contributed by atoms with Gasteiger partial charge in [0.05, 0.1) is 12.0 Å². The van der Waals surface area contributed by atoms with Crippen molar-refractivity contribution in [3.8, 4) is 5.75 Å². The maximum Gasteiger partial charge on any atom is 0.226 e. The number of nitrogens with one attached hydrogen (secondary N) is 2. The number of fused-ring (bicyclic) bond motifs is 1. The van der Waals surface area contributed by atoms with E-state index in [1.54, 1.807) is 18.4 Å². The minimum Gasteiger partial charge on any atom is -0.497 e. The zero-order valence-electron chi connectivity index (χ0n) is 11.3. The number of rotatable bonds is 3. The molecule has 2 N–H and O–H groups in total. The molecule has 0 spiro atoms. The summed E-state index contributed by atoms with van der Waals surface area (Å²) in [6.07, 6.45) is 0.449. The molecule has 0 radical (unpaired) electrons. The third-order valence-corrected chi connectivity index (χ3v) is 4.54. The Kier molecular flexibility index (Phi) is 3.31. The number of nitrogens with zero attached hydrogens (tertiary/aromatic N) is 1. The lowest BCUT2D eigenvalue weighted by molar-refractivity contribution is -0.116. The third kappa shape index (κ3) is 2.22. The highest BCUT2D eigenvalue weighted by Crippen LogP contribution is 2.42. The van der Waals surface area contributed by atoms with E-state index in [2.05, 4.69) is 15.6 Å². The lowest BCUT2D eigenvalue weighted by atomic mass is 9.91. The number of aromatic nitrogens is 1. The van der Waals surface area contributed by atoms with E-state index in [9.17, 15) is 4.79 Å². The molecule has 1 aromatic heterocycles. The van der Waals surface area contributed by atoms with Crippen LogP contribution in [0.5, 0.6) is 5.75 Å². The number of thiazole rings is 1. The first-order valence-electron chi connectivity index (χ1n) is 6.33. The van der Waals surface area contributed by atoms with Gasteiger partial charge in [-0.05, 0) is 17.7 Å². The quantitative estimate of drug-likeness (QED) is 0.912. The summed E-state index contributed by atoms with van der Waals surface area (Å²) < 4.78 is 5.17. The van der Waals surface area contributed by atoms with Crippen LogP contribution in [0.25, 0.3) is 0 Å². The van der Waals surface area contributed by atoms with Crippen molar-refractivity contribution in [2.45, 2.75) is 12.3 Å². The van der Waals surface area contributed by atoms with Gasteiger partial charge in [-0.2, -0.15) is 0 Å². The predicted octanol–water partition coefficient (Wildman–Crippen LogP) is 2.67. The Labute approximate surface area is 121 Å². The van der Waals surface area contributed by atoms with Gasteiger partial charge in [0, 0.05) is 19.4 Å². The fourth-order valence-electron chi connectivity index (χ4n) is 2.33. The van der Waals surface area contributed by atoms with Crippen LogP contribution in [-0.2, 0) is 4.79 Å². The van der Waals surface area contributed by atoms with Gasteiger partial charge in [0.15, 0.2) is 5.13 Å². The second-order valence-corrected chi connectivity index (χ2v) is 5.59. The molecular weight excluding hydrogens is 274 g/mol. The van der Waals surface area contributed by atoms with Crippen molar-refractivity contribution in [1.29, 1.82) is 0 Å². The Morgan fingerprint density at radius 3 is 2.80 bits per heavy atom. The first-order chi connectivity index (χ1) is 9.71. The Bertz CT molecular complexity index is 636. The largest absolute Gasteiger partial charge is 0.497 e. The van der Waals surface area contributed by atoms with E-state index in [4.69, 9.17) is 4.74 Å². The molecule has 5 nitrogen and oxygen atoms in total. The Morgan fingerprint density at radius 1 is 1.40 bits per heavy atom. The minimum absolute atomic E-state index is 0.00581. The van der Waals surface area contributed by atoms with Crippen LogP contribution in [-0.4, -0.2) is 25.0 Å². The molecule has 0 saturated heterocycles. The Balaban J connectivity index is 2.00. The third-order valence-electron chi connectivity index (χ3n) is 3.35. The van der Waals surface area contributed by atoms with E-state index in [1.807, 2.05) is 31.3 Å². The first kappa shape index (κ1) is 12.9. The van der Waals surface area contributed by atoms with Crippen LogP contribution in [0.4, 0.5) is 10.9 Å². The lowest BCUT2D eigenvalue weighted by Gasteiger charge is -2.21. The number of carbonyl (C=O) groups excluding carboxylic acids is 1. The van der Waals surface area contributed by atoms with Gasteiger partial charge in [0.1, 0.15) is 11.6 Å². The number of ether oxygens (including phenoxy) is 1. The molecular formula is C14H15N3O2S. The molecule has 0 fully saturated rings. The summed E-state index contributed by atoms with van der Waals surface area (Å²) in [7, 11) is 3.47. The predicted molar refractivity (Wildman–Crippen MR) is 79.7 cm³/mol. The van der Waals surface area contributed by atoms with E-state index in [0.29, 0.717) is 12.2 Å². The smallest absolute Gasteiger partial charge is 0.226 e. The normalized spacial score (nSPS) is 17.3. The molecule has 1 unspecified atom stereocenters. The average Bonchev–Trinajstić information content (AvgIpc) is 2.89. The van der Waals surface area contributed by atoms with Crippen molar-refractivity contribution >= 4 is 28.2 Å². The number of anilines is 2. The second kappa shape index (κ2) is 5.13. The topological polar surface area (TPSA) is 63.3 Å². The molecule has 3 rings (SSSR count). The number of benzene rings is 1. The molecule has 20 heavy (non-hydrogen) atoms. The van der Waals surface area contributed by atoms with Gasteiger partial charge in [-0.1, -0.05) is 23.5 Å². The highest BCUT2D eigenvalue weighted by atomic mass is 32.1. The van der Waals surface area contributed by atoms with Crippen LogP contribution < -0.4 is 15.4 Å². The molecule has 0 saturated carbocycles. The molecule has 104 valence electrons. The summed E-state index contributed by atoms with van der Waals surface area (Å²) in [6.45, 7) is 0. The Hall–Kier alpha value is -2.08. The van der Waals surface area contributed by atoms with Crippen molar-refractivity contribution in [2.75, 3.05) is 24.8 Å². The maximum absolute atomic E-state index is 11.8. The van der Waals surface area contributed by atoms with Gasteiger partial charge in [0.2, 0.25) is 5.91 Å². The van der Waals surface area contributed by atoms with Crippen LogP contribution in [0.2, 0.25) is 0 Å². The highest BCUT2D eigenvalue weighted by molar-refractivity contribution is 7.16. The van der Waals surface area contributed by atoms with Crippen molar-refractivity contribution in [2.24, 2.45) is 0 Å². The van der Waals surface area contributed by atoms with Gasteiger partial charge in [-0.3, -0.25) is 4.79 Å². The van der Waals surface area contributed by atoms with E-state index < -0.39 is 0 Å². The highest BCUT2D eigenvalue weighted by Gasteiger charge is 2.30. The molecule has 2 aromatic rings. The molecule has 0 bridgehead atoms. The van der Waals surface area contributed by atoms with Gasteiger partial charge in [-0.15, -0.1) is 0 Å². The van der Waals surface area contributed by atoms with Crippen LogP contribution in [0, 0.1) is 0 Å². The summed E-state index contributed by atoms with van der Waals surface area (Å²) in [4.78, 5) is 17.3. The van der Waals surface area contributed by atoms with Crippen LogP contribution in [0.15, 0.2) is 24.3 Å². The van der Waals surface area contributed by atoms with Crippen molar-refractivity contribution in [3.05, 3.63) is 34.7 Å². The van der Waals surface area contributed by atoms with Crippen molar-refractivity contribution in [1.82, 2.24) is 4.98 Å². The number of hydrogen-bond donors (Lipinski definition) is 2. The number of carbonyl (C=O) groups is 1. The van der Waals surface area contributed by atoms with Crippen molar-refractivity contribution < 1.29 is 9.53 Å². The van der Waals surface area contributed by atoms with Crippen LogP contribution >= 0.6 is 11.3 Å². The van der Waals surface area contributed by atoms with Gasteiger partial charge in [0.25, 0.3) is 0 Å². The van der Waals surface area contributed by atoms with E-state index in [-0.39, 0.29) is 11.8 Å². The number of methoxy groups -OCH3 is 1. The van der Waals surface area contributed by atoms with Gasteiger partial charge < -0.3 is 15.4 Å². The molecule has 1 atom stereocenters. The molecule has 6 heteroatoms. The standard InChI is InChI=1S/C14H15N3O2S/c1-15-14-17-13-12(20-14)10(7-11(18)16-13)8-3-5-9(19-2)6-4-8/h3-6,10H,7H2,1-2H3,(H,15,17)(H,16,18). The van der Waals surface area contributed by atoms with E-state index in [1.165, 1.54) is 0 Å². The monoisotopic (exact) mass is 289 g/mol. The first-order valence-corrected chi connectivity index (χ1v) is 7.15. The van der Waals surface area contributed by atoms with E-state index in [0.717, 1.165) is 21.3 Å².